The lowest BCUT2D eigenvalue weighted by molar-refractivity contribution is 0.406. The van der Waals surface area contributed by atoms with Gasteiger partial charge in [0.1, 0.15) is 11.5 Å². The van der Waals surface area contributed by atoms with Crippen LogP contribution in [0, 0.1) is 6.92 Å². The number of para-hydroxylation sites is 4. The van der Waals surface area contributed by atoms with Crippen molar-refractivity contribution >= 4 is 49.9 Å². The van der Waals surface area contributed by atoms with Crippen LogP contribution in [0.5, 0.6) is 0 Å². The minimum atomic E-state index is -0.0570. The van der Waals surface area contributed by atoms with Gasteiger partial charge in [-0.15, -0.1) is 0 Å². The number of rotatable bonds is 5. The Morgan fingerprint density at radius 3 is 2.04 bits per heavy atom. The van der Waals surface area contributed by atoms with Gasteiger partial charge in [-0.2, -0.15) is 4.57 Å². The number of benzene rings is 5. The van der Waals surface area contributed by atoms with Crippen LogP contribution in [0.2, 0.25) is 0 Å². The van der Waals surface area contributed by atoms with E-state index in [2.05, 4.69) is 180 Å². The van der Waals surface area contributed by atoms with Crippen LogP contribution in [0.25, 0.3) is 44.3 Å². The lowest BCUT2D eigenvalue weighted by atomic mass is 10.1. The topological polar surface area (TPSA) is 30.9 Å². The zero-order valence-corrected chi connectivity index (χ0v) is 26.6. The second-order valence-corrected chi connectivity index (χ2v) is 13.0. The van der Waals surface area contributed by atoms with Gasteiger partial charge in [-0.1, -0.05) is 42.5 Å². The molecule has 0 saturated heterocycles. The molecule has 0 radical (unpaired) electrons. The van der Waals surface area contributed by atoms with Crippen LogP contribution < -0.4 is 4.90 Å². The van der Waals surface area contributed by atoms with Crippen LogP contribution in [0.3, 0.4) is 0 Å². The molecule has 224 valence electrons. The summed E-state index contributed by atoms with van der Waals surface area (Å²) in [6, 6.07) is 47.7. The molecule has 0 unspecified atom stereocenters. The number of hydrogen-bond donors (Lipinski definition) is 0. The van der Waals surface area contributed by atoms with Gasteiger partial charge in [0, 0.05) is 52.6 Å². The van der Waals surface area contributed by atoms with E-state index in [4.69, 9.17) is 4.98 Å². The highest BCUT2D eigenvalue weighted by Crippen LogP contribution is 2.40. The Kier molecular flexibility index (Phi) is 6.50. The normalized spacial score (nSPS) is 11.9. The zero-order chi connectivity index (χ0) is 31.4. The maximum Gasteiger partial charge on any atom is 0.191 e. The van der Waals surface area contributed by atoms with E-state index in [1.165, 1.54) is 27.4 Å². The number of anilines is 3. The SMILES string of the molecule is Cc1ccnc(-n2c3ccccc3c3ccc(N(c4ccccc4)c4cccc(-n5[cH+]n(C(C)(C)C)c6ccccc65)c4)cc32)c1. The standard InChI is InChI=1S/C41H36N5/c1-29-23-24-42-40(25-29)46-36-18-9-8-17-34(36)35-22-21-33(27-39(35)46)45(30-13-6-5-7-14-30)32-16-12-15-31(26-32)43-28-44(41(2,3)4)38-20-11-10-19-37(38)43/h5-28H,1-4H3/q+1. The van der Waals surface area contributed by atoms with Crippen LogP contribution in [-0.2, 0) is 5.54 Å². The summed E-state index contributed by atoms with van der Waals surface area (Å²) in [4.78, 5) is 7.15. The molecule has 0 saturated carbocycles. The van der Waals surface area contributed by atoms with Crippen LogP contribution in [0.15, 0.2) is 146 Å². The summed E-state index contributed by atoms with van der Waals surface area (Å²) in [5.74, 6) is 0.920. The second-order valence-electron chi connectivity index (χ2n) is 13.0. The molecule has 8 rings (SSSR count). The predicted octanol–water partition coefficient (Wildman–Crippen LogP) is 10.7. The first-order valence-electron chi connectivity index (χ1n) is 15.8. The highest BCUT2D eigenvalue weighted by molar-refractivity contribution is 6.10. The molecular formula is C41H36N5+. The zero-order valence-electron chi connectivity index (χ0n) is 26.6. The fraction of sp³-hybridized carbons (Fsp3) is 0.122. The summed E-state index contributed by atoms with van der Waals surface area (Å²) in [7, 11) is 0. The van der Waals surface area contributed by atoms with Crippen molar-refractivity contribution in [2.45, 2.75) is 33.2 Å². The summed E-state index contributed by atoms with van der Waals surface area (Å²) in [6.45, 7) is 8.86. The summed E-state index contributed by atoms with van der Waals surface area (Å²) < 4.78 is 6.95. The van der Waals surface area contributed by atoms with Crippen LogP contribution in [0.1, 0.15) is 26.3 Å². The van der Waals surface area contributed by atoms with Crippen molar-refractivity contribution in [3.63, 3.8) is 0 Å². The molecule has 0 bridgehead atoms. The van der Waals surface area contributed by atoms with Gasteiger partial charge in [-0.3, -0.25) is 4.57 Å². The number of fused-ring (bicyclic) bond motifs is 4. The molecule has 0 fully saturated rings. The fourth-order valence-corrected chi connectivity index (χ4v) is 6.65. The highest BCUT2D eigenvalue weighted by Gasteiger charge is 2.25. The molecule has 5 heteroatoms. The largest absolute Gasteiger partial charge is 0.309 e. The first kappa shape index (κ1) is 27.8. The monoisotopic (exact) mass is 598 g/mol. The molecule has 8 aromatic rings. The van der Waals surface area contributed by atoms with E-state index in [0.29, 0.717) is 0 Å². The van der Waals surface area contributed by atoms with E-state index in [1.807, 2.05) is 12.3 Å². The number of imidazole rings is 1. The summed E-state index contributed by atoms with van der Waals surface area (Å²) in [5, 5.41) is 2.42. The van der Waals surface area contributed by atoms with Gasteiger partial charge < -0.3 is 4.90 Å². The number of hydrogen-bond acceptors (Lipinski definition) is 2. The summed E-state index contributed by atoms with van der Waals surface area (Å²) in [6.07, 6.45) is 4.13. The minimum absolute atomic E-state index is 0.0570. The van der Waals surface area contributed by atoms with E-state index in [-0.39, 0.29) is 5.54 Å². The van der Waals surface area contributed by atoms with Gasteiger partial charge in [0.25, 0.3) is 0 Å². The number of aromatic nitrogens is 4. The van der Waals surface area contributed by atoms with Gasteiger partial charge in [0.15, 0.2) is 17.4 Å². The first-order valence-corrected chi connectivity index (χ1v) is 15.8. The Morgan fingerprint density at radius 1 is 0.587 bits per heavy atom. The van der Waals surface area contributed by atoms with Crippen molar-refractivity contribution in [1.29, 1.82) is 0 Å². The Balaban J connectivity index is 1.34. The van der Waals surface area contributed by atoms with Crippen LogP contribution in [0.4, 0.5) is 17.1 Å². The maximum atomic E-state index is 4.81. The predicted molar refractivity (Wildman–Crippen MR) is 192 cm³/mol. The molecule has 3 aromatic heterocycles. The van der Waals surface area contributed by atoms with Crippen LogP contribution in [-0.4, -0.2) is 18.7 Å². The molecule has 0 aliphatic rings. The first-order chi connectivity index (χ1) is 22.4. The van der Waals surface area contributed by atoms with Gasteiger partial charge in [0.2, 0.25) is 0 Å². The quantitative estimate of drug-likeness (QED) is 0.185. The maximum absolute atomic E-state index is 4.81. The van der Waals surface area contributed by atoms with Crippen molar-refractivity contribution in [1.82, 2.24) is 18.7 Å². The van der Waals surface area contributed by atoms with Crippen molar-refractivity contribution < 1.29 is 0 Å². The van der Waals surface area contributed by atoms with E-state index < -0.39 is 0 Å². The molecule has 0 spiro atoms. The molecule has 3 heterocycles. The summed E-state index contributed by atoms with van der Waals surface area (Å²) in [5.41, 5.74) is 10.1. The third kappa shape index (κ3) is 4.63. The third-order valence-electron chi connectivity index (χ3n) is 8.78. The smallest absolute Gasteiger partial charge is 0.191 e. The van der Waals surface area contributed by atoms with Crippen molar-refractivity contribution in [3.8, 4) is 11.5 Å². The van der Waals surface area contributed by atoms with Gasteiger partial charge in [-0.05, 0) is 100.0 Å². The number of pyridine rings is 1. The Labute approximate surface area is 269 Å². The second kappa shape index (κ2) is 10.7. The Hall–Kier alpha value is -5.68. The molecule has 0 atom stereocenters. The average Bonchev–Trinajstić information content (AvgIpc) is 3.62. The molecule has 0 N–H and O–H groups in total. The molecular weight excluding hydrogens is 562 g/mol. The van der Waals surface area contributed by atoms with Gasteiger partial charge in [0.05, 0.1) is 22.3 Å². The van der Waals surface area contributed by atoms with Crippen molar-refractivity contribution in [3.05, 3.63) is 152 Å². The Bertz CT molecular complexity index is 2370. The molecule has 5 aromatic carbocycles. The Morgan fingerprint density at radius 2 is 1.26 bits per heavy atom. The number of aryl methyl sites for hydroxylation is 1. The van der Waals surface area contributed by atoms with Crippen molar-refractivity contribution in [2.75, 3.05) is 4.90 Å². The van der Waals surface area contributed by atoms with E-state index in [0.717, 1.165) is 39.6 Å². The molecule has 0 aliphatic carbocycles. The number of nitrogens with zero attached hydrogens (tertiary/aromatic N) is 5. The third-order valence-corrected chi connectivity index (χ3v) is 8.78. The van der Waals surface area contributed by atoms with Crippen molar-refractivity contribution in [2.24, 2.45) is 0 Å². The van der Waals surface area contributed by atoms with Gasteiger partial charge >= 0.3 is 0 Å². The summed E-state index contributed by atoms with van der Waals surface area (Å²) >= 11 is 0. The van der Waals surface area contributed by atoms with E-state index in [9.17, 15) is 0 Å². The molecule has 46 heavy (non-hydrogen) atoms. The lowest BCUT2D eigenvalue weighted by Gasteiger charge is -2.25. The average molecular weight is 599 g/mol. The van der Waals surface area contributed by atoms with E-state index in [1.54, 1.807) is 0 Å². The molecule has 0 aliphatic heterocycles. The minimum Gasteiger partial charge on any atom is -0.309 e. The van der Waals surface area contributed by atoms with Gasteiger partial charge in [-0.25, -0.2) is 9.55 Å². The van der Waals surface area contributed by atoms with E-state index >= 15 is 0 Å². The molecule has 5 nitrogen and oxygen atoms in total. The molecule has 0 amide bonds. The lowest BCUT2D eigenvalue weighted by Crippen LogP contribution is -2.20. The highest BCUT2D eigenvalue weighted by atomic mass is 15.2. The van der Waals surface area contributed by atoms with Crippen LogP contribution >= 0.6 is 0 Å². The fourth-order valence-electron chi connectivity index (χ4n) is 6.65.